The van der Waals surface area contributed by atoms with E-state index in [0.717, 1.165) is 26.3 Å². The van der Waals surface area contributed by atoms with Crippen LogP contribution in [0.5, 0.6) is 0 Å². The topological polar surface area (TPSA) is 77.1 Å². The number of amides is 1. The number of benzene rings is 1. The van der Waals surface area contributed by atoms with Gasteiger partial charge in [-0.3, -0.25) is 4.90 Å². The Balaban J connectivity index is 1.41. The summed E-state index contributed by atoms with van der Waals surface area (Å²) in [4.78, 5) is 15.4. The average molecular weight is 369 g/mol. The number of carbonyl (C=O) groups excluding carboxylic acids is 1. The van der Waals surface area contributed by atoms with E-state index in [1.807, 2.05) is 4.90 Å². The van der Waals surface area contributed by atoms with Crippen LogP contribution < -0.4 is 14.5 Å². The minimum atomic E-state index is -1.17. The predicted octanol–water partition coefficient (Wildman–Crippen LogP) is 0.871. The molecule has 2 unspecified atom stereocenters. The molecule has 4 rings (SSSR count). The molecule has 3 aliphatic heterocycles. The van der Waals surface area contributed by atoms with Crippen molar-refractivity contribution in [3.8, 4) is 0 Å². The van der Waals surface area contributed by atoms with Crippen LogP contribution in [0.4, 0.5) is 20.6 Å². The maximum atomic E-state index is 14.5. The summed E-state index contributed by atoms with van der Waals surface area (Å²) in [7, 11) is 0. The first-order valence-electron chi connectivity index (χ1n) is 8.13. The molecule has 0 aromatic heterocycles. The van der Waals surface area contributed by atoms with Gasteiger partial charge in [0.1, 0.15) is 18.2 Å². The van der Waals surface area contributed by atoms with Crippen LogP contribution >= 0.6 is 0 Å². The molecule has 136 valence electrons. The van der Waals surface area contributed by atoms with E-state index in [-0.39, 0.29) is 11.2 Å². The summed E-state index contributed by atoms with van der Waals surface area (Å²) in [5.41, 5.74) is 1.23. The van der Waals surface area contributed by atoms with E-state index in [1.165, 1.54) is 17.2 Å². The molecule has 1 amide bonds. The first-order valence-corrected chi connectivity index (χ1v) is 9.69. The van der Waals surface area contributed by atoms with E-state index >= 15 is 0 Å². The van der Waals surface area contributed by atoms with Gasteiger partial charge >= 0.3 is 6.09 Å². The second kappa shape index (κ2) is 6.31. The molecular formula is C16H20FN3O4S. The van der Waals surface area contributed by atoms with Crippen molar-refractivity contribution >= 4 is 28.8 Å². The minimum absolute atomic E-state index is 0.212. The summed E-state index contributed by atoms with van der Waals surface area (Å²) >= 11 is -1.17. The number of nitrogens with one attached hydrogen (secondary N) is 1. The van der Waals surface area contributed by atoms with Gasteiger partial charge in [-0.1, -0.05) is 0 Å². The first-order chi connectivity index (χ1) is 12.0. The zero-order valence-electron chi connectivity index (χ0n) is 13.9. The van der Waals surface area contributed by atoms with E-state index in [2.05, 4.69) is 4.72 Å². The van der Waals surface area contributed by atoms with E-state index < -0.39 is 23.6 Å². The lowest BCUT2D eigenvalue weighted by molar-refractivity contribution is -0.127. The molecular weight excluding hydrogens is 349 g/mol. The Kier molecular flexibility index (Phi) is 4.27. The molecule has 7 nitrogen and oxygen atoms in total. The summed E-state index contributed by atoms with van der Waals surface area (Å²) in [6.45, 7) is 3.70. The van der Waals surface area contributed by atoms with E-state index in [4.69, 9.17) is 9.47 Å². The number of halogens is 1. The second-order valence-electron chi connectivity index (χ2n) is 6.90. The third-order valence-corrected chi connectivity index (χ3v) is 5.41. The van der Waals surface area contributed by atoms with Crippen molar-refractivity contribution in [2.24, 2.45) is 5.41 Å². The van der Waals surface area contributed by atoms with Crippen LogP contribution in [0.25, 0.3) is 0 Å². The fourth-order valence-corrected chi connectivity index (χ4v) is 3.90. The number of hydrogen-bond donors (Lipinski definition) is 1. The first kappa shape index (κ1) is 16.9. The molecule has 0 saturated carbocycles. The molecule has 3 heterocycles. The number of nitrogens with zero attached hydrogens (tertiary/aromatic N) is 2. The lowest BCUT2D eigenvalue weighted by Gasteiger charge is -2.56. The summed E-state index contributed by atoms with van der Waals surface area (Å²) < 4.78 is 38.8. The van der Waals surface area contributed by atoms with Gasteiger partial charge in [-0.15, -0.1) is 4.72 Å². The highest BCUT2D eigenvalue weighted by molar-refractivity contribution is 7.88. The Morgan fingerprint density at radius 1 is 1.44 bits per heavy atom. The van der Waals surface area contributed by atoms with Crippen molar-refractivity contribution in [2.45, 2.75) is 6.10 Å². The van der Waals surface area contributed by atoms with Crippen molar-refractivity contribution in [1.82, 2.24) is 4.72 Å². The number of anilines is 2. The third-order valence-electron chi connectivity index (χ3n) is 4.84. The van der Waals surface area contributed by atoms with Gasteiger partial charge < -0.3 is 18.9 Å². The number of carbonyl (C=O) groups is 1. The van der Waals surface area contributed by atoms with E-state index in [9.17, 15) is 13.7 Å². The SMILES string of the molecule is C[S+]([O-])NCC1CN(c2ccc(N3CC4(COC4)C3)c(F)c2)C(=O)O1. The predicted molar refractivity (Wildman–Crippen MR) is 91.5 cm³/mol. The highest BCUT2D eigenvalue weighted by atomic mass is 32.2. The van der Waals surface area contributed by atoms with Crippen molar-refractivity contribution in [2.75, 3.05) is 55.4 Å². The highest BCUT2D eigenvalue weighted by Crippen LogP contribution is 2.41. The Morgan fingerprint density at radius 3 is 2.80 bits per heavy atom. The van der Waals surface area contributed by atoms with Gasteiger partial charge in [-0.05, 0) is 18.2 Å². The smallest absolute Gasteiger partial charge is 0.414 e. The van der Waals surface area contributed by atoms with E-state index in [1.54, 1.807) is 12.1 Å². The van der Waals surface area contributed by atoms with Crippen molar-refractivity contribution < 1.29 is 23.2 Å². The van der Waals surface area contributed by atoms with Gasteiger partial charge in [0.25, 0.3) is 0 Å². The molecule has 0 aliphatic carbocycles. The van der Waals surface area contributed by atoms with Gasteiger partial charge in [0.15, 0.2) is 0 Å². The molecule has 3 fully saturated rings. The maximum absolute atomic E-state index is 14.5. The van der Waals surface area contributed by atoms with Crippen molar-refractivity contribution in [1.29, 1.82) is 0 Å². The normalized spacial score (nSPS) is 25.6. The Morgan fingerprint density at radius 2 is 2.20 bits per heavy atom. The molecule has 0 radical (unpaired) electrons. The minimum Gasteiger partial charge on any atom is -0.598 e. The number of rotatable bonds is 5. The summed E-state index contributed by atoms with van der Waals surface area (Å²) in [5, 5.41) is 0. The largest absolute Gasteiger partial charge is 0.598 e. The lowest BCUT2D eigenvalue weighted by Crippen LogP contribution is -2.66. The summed E-state index contributed by atoms with van der Waals surface area (Å²) in [6.07, 6.45) is 0.585. The van der Waals surface area contributed by atoms with Crippen LogP contribution in [0, 0.1) is 11.2 Å². The van der Waals surface area contributed by atoms with Crippen LogP contribution in [0.15, 0.2) is 18.2 Å². The van der Waals surface area contributed by atoms with Crippen molar-refractivity contribution in [3.63, 3.8) is 0 Å². The standard InChI is InChI=1S/C16H20FN3O4S/c1-25(22)18-5-12-6-20(15(21)24-12)11-2-3-14(13(17)4-11)19-7-16(8-19)9-23-10-16/h2-4,12,18H,5-10H2,1H3. The second-order valence-corrected chi connectivity index (χ2v) is 8.10. The van der Waals surface area contributed by atoms with Crippen LogP contribution in [-0.2, 0) is 20.8 Å². The maximum Gasteiger partial charge on any atom is 0.414 e. The molecule has 1 N–H and O–H groups in total. The van der Waals surface area contributed by atoms with E-state index in [0.29, 0.717) is 24.5 Å². The van der Waals surface area contributed by atoms with Crippen LogP contribution in [-0.4, -0.2) is 62.4 Å². The average Bonchev–Trinajstić information content (AvgIpc) is 2.85. The molecule has 25 heavy (non-hydrogen) atoms. The monoisotopic (exact) mass is 369 g/mol. The number of cyclic esters (lactones) is 1. The Labute approximate surface area is 148 Å². The summed E-state index contributed by atoms with van der Waals surface area (Å²) in [5.74, 6) is -0.350. The number of ether oxygens (including phenoxy) is 2. The third kappa shape index (κ3) is 3.17. The molecule has 0 bridgehead atoms. The Hall–Kier alpha value is -1.55. The zero-order valence-corrected chi connectivity index (χ0v) is 14.7. The molecule has 1 aromatic rings. The Bertz CT molecular complexity index is 677. The molecule has 9 heteroatoms. The van der Waals surface area contributed by atoms with Crippen LogP contribution in [0.3, 0.4) is 0 Å². The van der Waals surface area contributed by atoms with Gasteiger partial charge in [-0.2, -0.15) is 0 Å². The van der Waals surface area contributed by atoms with Crippen LogP contribution in [0.1, 0.15) is 0 Å². The highest BCUT2D eigenvalue weighted by Gasteiger charge is 2.49. The van der Waals surface area contributed by atoms with Gasteiger partial charge in [0.05, 0.1) is 43.1 Å². The molecule has 1 aromatic carbocycles. The van der Waals surface area contributed by atoms with Crippen LogP contribution in [0.2, 0.25) is 0 Å². The fourth-order valence-electron chi connectivity index (χ4n) is 3.48. The van der Waals surface area contributed by atoms with Crippen molar-refractivity contribution in [3.05, 3.63) is 24.0 Å². The molecule has 1 spiro atoms. The van der Waals surface area contributed by atoms with Gasteiger partial charge in [0.2, 0.25) is 0 Å². The molecule has 3 aliphatic rings. The quantitative estimate of drug-likeness (QED) is 0.776. The van der Waals surface area contributed by atoms with Gasteiger partial charge in [-0.25, -0.2) is 9.18 Å². The lowest BCUT2D eigenvalue weighted by atomic mass is 9.78. The fraction of sp³-hybridized carbons (Fsp3) is 0.562. The molecule has 2 atom stereocenters. The zero-order chi connectivity index (χ0) is 17.6. The van der Waals surface area contributed by atoms with Gasteiger partial charge in [0, 0.05) is 24.5 Å². The number of hydrogen-bond acceptors (Lipinski definition) is 6. The molecule has 3 saturated heterocycles. The summed E-state index contributed by atoms with van der Waals surface area (Å²) in [6, 6.07) is 4.80.